The van der Waals surface area contributed by atoms with E-state index in [-0.39, 0.29) is 5.69 Å². The van der Waals surface area contributed by atoms with E-state index in [9.17, 15) is 4.79 Å². The van der Waals surface area contributed by atoms with Crippen molar-refractivity contribution in [2.24, 2.45) is 0 Å². The van der Waals surface area contributed by atoms with E-state index < -0.39 is 5.97 Å². The first-order valence-corrected chi connectivity index (χ1v) is 8.93. The number of carboxylic acid groups (broad SMARTS) is 1. The Morgan fingerprint density at radius 3 is 2.68 bits per heavy atom. The zero-order chi connectivity index (χ0) is 19.8. The molecule has 1 N–H and O–H groups in total. The van der Waals surface area contributed by atoms with Gasteiger partial charge in [-0.25, -0.2) is 9.31 Å². The second kappa shape index (κ2) is 7.01. The summed E-state index contributed by atoms with van der Waals surface area (Å²) < 4.78 is 8.85. The lowest BCUT2D eigenvalue weighted by molar-refractivity contribution is 0.0689. The summed E-state index contributed by atoms with van der Waals surface area (Å²) in [5.74, 6) is -0.330. The standard InChI is InChI=1S/C20H17ClN4O3/c1-12-7-18(20(26)27)22-24(12)11-15-9-13(21)8-14-10-17(23-25(14)15)16-5-3-4-6-19(16)28-2/h3-10H,11H2,1-2H3,(H,26,27). The van der Waals surface area contributed by atoms with E-state index in [0.717, 1.165) is 33.9 Å². The van der Waals surface area contributed by atoms with Crippen LogP contribution >= 0.6 is 11.6 Å². The van der Waals surface area contributed by atoms with Gasteiger partial charge in [0, 0.05) is 16.3 Å². The number of aromatic carboxylic acids is 1. The second-order valence-electron chi connectivity index (χ2n) is 6.37. The molecule has 0 spiro atoms. The molecule has 4 aromatic rings. The number of para-hydroxylation sites is 1. The van der Waals surface area contributed by atoms with Crippen molar-refractivity contribution in [2.45, 2.75) is 13.5 Å². The lowest BCUT2D eigenvalue weighted by Crippen LogP contribution is -2.10. The number of nitrogens with zero attached hydrogens (tertiary/aromatic N) is 4. The van der Waals surface area contributed by atoms with Crippen LogP contribution in [0.5, 0.6) is 5.75 Å². The Balaban J connectivity index is 1.81. The highest BCUT2D eigenvalue weighted by molar-refractivity contribution is 6.31. The van der Waals surface area contributed by atoms with Crippen molar-refractivity contribution in [3.63, 3.8) is 0 Å². The van der Waals surface area contributed by atoms with Crippen LogP contribution in [0.3, 0.4) is 0 Å². The fourth-order valence-electron chi connectivity index (χ4n) is 3.16. The minimum absolute atomic E-state index is 0.00551. The third-order valence-electron chi connectivity index (χ3n) is 4.49. The summed E-state index contributed by atoms with van der Waals surface area (Å²) in [6.07, 6.45) is 0. The summed E-state index contributed by atoms with van der Waals surface area (Å²) >= 11 is 6.31. The van der Waals surface area contributed by atoms with Crippen LogP contribution in [0, 0.1) is 6.92 Å². The summed E-state index contributed by atoms with van der Waals surface area (Å²) in [6, 6.07) is 14.8. The van der Waals surface area contributed by atoms with Crippen molar-refractivity contribution in [1.29, 1.82) is 0 Å². The average Bonchev–Trinajstić information content (AvgIpc) is 3.25. The highest BCUT2D eigenvalue weighted by Crippen LogP contribution is 2.30. The molecule has 3 heterocycles. The van der Waals surface area contributed by atoms with Gasteiger partial charge >= 0.3 is 5.97 Å². The van der Waals surface area contributed by atoms with Gasteiger partial charge in [-0.05, 0) is 43.3 Å². The van der Waals surface area contributed by atoms with E-state index >= 15 is 0 Å². The van der Waals surface area contributed by atoms with Gasteiger partial charge in [0.2, 0.25) is 0 Å². The van der Waals surface area contributed by atoms with Gasteiger partial charge in [-0.15, -0.1) is 0 Å². The smallest absolute Gasteiger partial charge is 0.356 e. The molecule has 28 heavy (non-hydrogen) atoms. The molecule has 0 atom stereocenters. The van der Waals surface area contributed by atoms with E-state index in [4.69, 9.17) is 26.5 Å². The fraction of sp³-hybridized carbons (Fsp3) is 0.150. The van der Waals surface area contributed by atoms with E-state index in [0.29, 0.717) is 11.6 Å². The number of pyridine rings is 1. The number of hydrogen-bond acceptors (Lipinski definition) is 4. The van der Waals surface area contributed by atoms with E-state index in [1.54, 1.807) is 22.4 Å². The number of benzene rings is 1. The maximum atomic E-state index is 11.2. The molecule has 0 aliphatic carbocycles. The summed E-state index contributed by atoms with van der Waals surface area (Å²) in [6.45, 7) is 2.15. The minimum atomic E-state index is -1.06. The Kier molecular flexibility index (Phi) is 4.52. The molecule has 3 aromatic heterocycles. The Morgan fingerprint density at radius 2 is 1.96 bits per heavy atom. The highest BCUT2D eigenvalue weighted by Gasteiger charge is 2.15. The molecule has 0 unspecified atom stereocenters. The van der Waals surface area contributed by atoms with Crippen LogP contribution in [0.1, 0.15) is 21.9 Å². The molecule has 0 bridgehead atoms. The molecule has 1 aromatic carbocycles. The number of rotatable bonds is 5. The number of carboxylic acids is 1. The third kappa shape index (κ3) is 3.20. The van der Waals surface area contributed by atoms with Crippen LogP contribution in [-0.2, 0) is 6.54 Å². The van der Waals surface area contributed by atoms with Crippen molar-refractivity contribution >= 4 is 23.1 Å². The number of aryl methyl sites for hydroxylation is 1. The maximum Gasteiger partial charge on any atom is 0.356 e. The molecule has 0 amide bonds. The number of methoxy groups -OCH3 is 1. The van der Waals surface area contributed by atoms with Crippen molar-refractivity contribution in [2.75, 3.05) is 7.11 Å². The molecule has 0 saturated heterocycles. The van der Waals surface area contributed by atoms with Gasteiger partial charge in [0.25, 0.3) is 0 Å². The van der Waals surface area contributed by atoms with Gasteiger partial charge in [-0.1, -0.05) is 23.7 Å². The number of fused-ring (bicyclic) bond motifs is 1. The zero-order valence-electron chi connectivity index (χ0n) is 15.3. The first-order valence-electron chi connectivity index (χ1n) is 8.55. The topological polar surface area (TPSA) is 81.7 Å². The second-order valence-corrected chi connectivity index (χ2v) is 6.80. The summed E-state index contributed by atoms with van der Waals surface area (Å²) in [7, 11) is 1.62. The number of carbonyl (C=O) groups is 1. The van der Waals surface area contributed by atoms with Crippen LogP contribution in [0.4, 0.5) is 0 Å². The average molecular weight is 397 g/mol. The number of aromatic nitrogens is 4. The molecular weight excluding hydrogens is 380 g/mol. The first kappa shape index (κ1) is 18.1. The van der Waals surface area contributed by atoms with Gasteiger partial charge in [0.05, 0.1) is 30.6 Å². The van der Waals surface area contributed by atoms with Crippen LogP contribution in [0.15, 0.2) is 48.5 Å². The third-order valence-corrected chi connectivity index (χ3v) is 4.71. The Hall–Kier alpha value is -3.32. The van der Waals surface area contributed by atoms with Gasteiger partial charge < -0.3 is 9.84 Å². The van der Waals surface area contributed by atoms with Crippen LogP contribution < -0.4 is 4.74 Å². The summed E-state index contributed by atoms with van der Waals surface area (Å²) in [5, 5.41) is 18.6. The van der Waals surface area contributed by atoms with E-state index in [1.807, 2.05) is 43.3 Å². The monoisotopic (exact) mass is 396 g/mol. The van der Waals surface area contributed by atoms with Crippen LogP contribution in [0.25, 0.3) is 16.8 Å². The number of halogens is 1. The molecule has 0 aliphatic heterocycles. The SMILES string of the molecule is COc1ccccc1-c1cc2cc(Cl)cc(Cn3nc(C(=O)O)cc3C)n2n1. The Bertz CT molecular complexity index is 1200. The van der Waals surface area contributed by atoms with E-state index in [1.165, 1.54) is 6.07 Å². The molecular formula is C20H17ClN4O3. The number of hydrogen-bond donors (Lipinski definition) is 1. The quantitative estimate of drug-likeness (QED) is 0.553. The van der Waals surface area contributed by atoms with Gasteiger partial charge in [-0.3, -0.25) is 4.68 Å². The number of ether oxygens (including phenoxy) is 1. The van der Waals surface area contributed by atoms with Crippen molar-refractivity contribution in [3.8, 4) is 17.0 Å². The normalized spacial score (nSPS) is 11.1. The largest absolute Gasteiger partial charge is 0.496 e. The minimum Gasteiger partial charge on any atom is -0.496 e. The molecule has 0 saturated carbocycles. The van der Waals surface area contributed by atoms with Crippen molar-refractivity contribution < 1.29 is 14.6 Å². The summed E-state index contributed by atoms with van der Waals surface area (Å²) in [5.41, 5.74) is 3.98. The van der Waals surface area contributed by atoms with Gasteiger partial charge in [-0.2, -0.15) is 10.2 Å². The predicted octanol–water partition coefficient (Wildman–Crippen LogP) is 3.91. The molecule has 142 valence electrons. The van der Waals surface area contributed by atoms with Gasteiger partial charge in [0.1, 0.15) is 5.75 Å². The zero-order valence-corrected chi connectivity index (χ0v) is 16.0. The van der Waals surface area contributed by atoms with Crippen LogP contribution in [-0.4, -0.2) is 37.6 Å². The molecule has 0 fully saturated rings. The van der Waals surface area contributed by atoms with Gasteiger partial charge in [0.15, 0.2) is 5.69 Å². The lowest BCUT2D eigenvalue weighted by atomic mass is 10.1. The molecule has 4 rings (SSSR count). The highest BCUT2D eigenvalue weighted by atomic mass is 35.5. The van der Waals surface area contributed by atoms with Crippen LogP contribution in [0.2, 0.25) is 5.02 Å². The molecule has 7 nitrogen and oxygen atoms in total. The molecule has 8 heteroatoms. The summed E-state index contributed by atoms with van der Waals surface area (Å²) in [4.78, 5) is 11.2. The molecule has 0 aliphatic rings. The first-order chi connectivity index (χ1) is 13.5. The van der Waals surface area contributed by atoms with Crippen molar-refractivity contribution in [1.82, 2.24) is 19.4 Å². The maximum absolute atomic E-state index is 11.2. The Morgan fingerprint density at radius 1 is 1.18 bits per heavy atom. The fourth-order valence-corrected chi connectivity index (χ4v) is 3.40. The molecule has 0 radical (unpaired) electrons. The van der Waals surface area contributed by atoms with E-state index in [2.05, 4.69) is 5.10 Å². The predicted molar refractivity (Wildman–Crippen MR) is 105 cm³/mol. The Labute approximate surface area is 165 Å². The van der Waals surface area contributed by atoms with Crippen molar-refractivity contribution in [3.05, 3.63) is 70.6 Å². The lowest BCUT2D eigenvalue weighted by Gasteiger charge is -2.08.